The fraction of sp³-hybridized carbons (Fsp3) is 0. The third kappa shape index (κ3) is 19.4. The van der Waals surface area contributed by atoms with Crippen molar-refractivity contribution >= 4 is 30.4 Å². The molecule has 0 amide bonds. The molecule has 0 aromatic heterocycles. The molecule has 0 heterocycles. The van der Waals surface area contributed by atoms with Crippen LogP contribution in [0.1, 0.15) is 1.43 Å². The molecule has 32 valence electrons. The van der Waals surface area contributed by atoms with Gasteiger partial charge in [-0.15, -0.1) is 0 Å². The number of rotatable bonds is 0. The third-order valence-corrected chi connectivity index (χ3v) is 0. The maximum atomic E-state index is 4.87. The molecule has 0 radical (unpaired) electrons. The molecule has 0 aliphatic rings. The monoisotopic (exact) mass is 204 g/mol. The minimum atomic E-state index is -1.19. The summed E-state index contributed by atoms with van der Waals surface area (Å²) < 4.78 is 0. The molecule has 0 fully saturated rings. The van der Waals surface area contributed by atoms with Gasteiger partial charge in [-0.2, -0.15) is 0 Å². The first kappa shape index (κ1) is 10.9. The zero-order chi connectivity index (χ0) is 3.58. The van der Waals surface area contributed by atoms with E-state index in [9.17, 15) is 0 Å². The summed E-state index contributed by atoms with van der Waals surface area (Å²) in [5.41, 5.74) is 0. The van der Waals surface area contributed by atoms with Gasteiger partial charge in [-0.3, -0.25) is 0 Å². The van der Waals surface area contributed by atoms with Gasteiger partial charge in [0.2, 0.25) is 0 Å². The molecule has 0 saturated heterocycles. The zero-order valence-corrected chi connectivity index (χ0v) is 8.90. The van der Waals surface area contributed by atoms with E-state index >= 15 is 0 Å². The Labute approximate surface area is 91.9 Å². The normalized spacial score (nSPS) is 9.00. The molecule has 0 rings (SSSR count). The van der Waals surface area contributed by atoms with Crippen molar-refractivity contribution < 1.29 is 63.8 Å². The van der Waals surface area contributed by atoms with Crippen LogP contribution in [0.5, 0.6) is 0 Å². The van der Waals surface area contributed by atoms with Gasteiger partial charge in [0, 0.05) is 0 Å². The molecule has 5 heavy (non-hydrogen) atoms. The molecule has 0 bridgehead atoms. The number of hydrogen-bond acceptors (Lipinski definition) is 0. The van der Waals surface area contributed by atoms with Crippen LogP contribution >= 0.6 is 30.4 Å². The van der Waals surface area contributed by atoms with Gasteiger partial charge in [-0.1, -0.05) is 0 Å². The topological polar surface area (TPSA) is 0 Å². The summed E-state index contributed by atoms with van der Waals surface area (Å²) in [5, 5.41) is 0. The van der Waals surface area contributed by atoms with Crippen molar-refractivity contribution in [1.82, 2.24) is 0 Å². The van der Waals surface area contributed by atoms with Gasteiger partial charge in [-0.25, -0.2) is 0 Å². The van der Waals surface area contributed by atoms with E-state index in [2.05, 4.69) is 0 Å². The second-order valence-electron chi connectivity index (χ2n) is 0.143. The van der Waals surface area contributed by atoms with Crippen LogP contribution in [-0.2, 0) is 10.9 Å². The maximum absolute atomic E-state index is 4.87. The Bertz CT molecular complexity index is 15.5. The van der Waals surface area contributed by atoms with E-state index in [0.29, 0.717) is 0 Å². The van der Waals surface area contributed by atoms with Gasteiger partial charge in [0.05, 0.1) is 0 Å². The smallest absolute Gasteiger partial charge is 1.00 e. The number of hydrogen-bond donors (Lipinski definition) is 0. The molecule has 0 aliphatic carbocycles. The molecule has 0 spiro atoms. The first-order valence-electron chi connectivity index (χ1n) is 0.378. The summed E-state index contributed by atoms with van der Waals surface area (Å²) in [5.74, 6) is 0. The molecule has 0 aromatic rings. The second kappa shape index (κ2) is 7.01. The zero-order valence-electron chi connectivity index (χ0n) is 3.47. The Balaban J connectivity index is -0.0000000450. The molecule has 0 aliphatic heterocycles. The molecule has 0 saturated carbocycles. The van der Waals surface area contributed by atoms with E-state index in [1.165, 1.54) is 0 Å². The summed E-state index contributed by atoms with van der Waals surface area (Å²) in [6, 6.07) is 0. The van der Waals surface area contributed by atoms with Crippen molar-refractivity contribution in [2.24, 2.45) is 0 Å². The Morgan fingerprint density at radius 1 is 1.20 bits per heavy atom. The van der Waals surface area contributed by atoms with E-state index in [-0.39, 0.29) is 52.8 Å². The fourth-order valence-electron chi connectivity index (χ4n) is 0. The van der Waals surface area contributed by atoms with Crippen LogP contribution in [0.3, 0.4) is 0 Å². The van der Waals surface area contributed by atoms with Gasteiger partial charge in [0.1, 0.15) is 0 Å². The Hall–Kier alpha value is 3.01. The quantitative estimate of drug-likeness (QED) is 0.454. The predicted octanol–water partition coefficient (Wildman–Crippen LogP) is -0.818. The van der Waals surface area contributed by atoms with E-state index in [1.54, 1.807) is 0 Å². The summed E-state index contributed by atoms with van der Waals surface area (Å²) in [6.07, 6.45) is 0. The average molecular weight is 205 g/mol. The predicted molar refractivity (Wildman–Crippen MR) is 18.7 cm³/mol. The minimum absolute atomic E-state index is 0. The summed E-state index contributed by atoms with van der Waals surface area (Å²) in [6.45, 7) is 0. The summed E-state index contributed by atoms with van der Waals surface area (Å²) in [7, 11) is 13.4. The first-order valence-corrected chi connectivity index (χ1v) is 4.68. The van der Waals surface area contributed by atoms with E-state index in [0.717, 1.165) is 0 Å². The Morgan fingerprint density at radius 2 is 1.20 bits per heavy atom. The number of halogens is 3. The minimum Gasteiger partial charge on any atom is -1.00 e. The molecule has 5 heteroatoms. The van der Waals surface area contributed by atoms with Crippen molar-refractivity contribution in [2.75, 3.05) is 0 Å². The van der Waals surface area contributed by atoms with Gasteiger partial charge < -0.3 is 1.43 Å². The molecule has 0 atom stereocenters. The second-order valence-corrected chi connectivity index (χ2v) is 5.30. The van der Waals surface area contributed by atoms with Gasteiger partial charge in [-0.05, 0) is 0 Å². The van der Waals surface area contributed by atoms with E-state index in [4.69, 9.17) is 30.4 Å². The van der Waals surface area contributed by atoms with Crippen LogP contribution in [0.2, 0.25) is 0 Å². The third-order valence-electron chi connectivity index (χ3n) is 0. The molecule has 0 nitrogen and oxygen atoms in total. The van der Waals surface area contributed by atoms with Crippen molar-refractivity contribution in [2.45, 2.75) is 0 Å². The fourth-order valence-corrected chi connectivity index (χ4v) is 0. The standard InChI is InChI=1S/3ClH.Co.K.H/h3*1H;;;/q;;;+3;+1;-1/p-3. The van der Waals surface area contributed by atoms with E-state index in [1.807, 2.05) is 0 Å². The molecular weight excluding hydrogens is 204 g/mol. The average Bonchev–Trinajstić information content (AvgIpc) is 0.811. The summed E-state index contributed by atoms with van der Waals surface area (Å²) in [4.78, 5) is 0. The SMILES string of the molecule is [Cl][Co]([Cl])[Cl].[H-].[K+]. The van der Waals surface area contributed by atoms with Crippen LogP contribution < -0.4 is 51.4 Å². The molecule has 0 unspecified atom stereocenters. The van der Waals surface area contributed by atoms with Crippen LogP contribution in [0.25, 0.3) is 0 Å². The van der Waals surface area contributed by atoms with Crippen molar-refractivity contribution in [1.29, 1.82) is 0 Å². The molecular formula is HCl3CoK. The largest absolute Gasteiger partial charge is 1.00 e. The molecule has 0 N–H and O–H groups in total. The van der Waals surface area contributed by atoms with Crippen molar-refractivity contribution in [3.05, 3.63) is 0 Å². The van der Waals surface area contributed by atoms with Crippen molar-refractivity contribution in [3.8, 4) is 0 Å². The Kier molecular flexibility index (Phi) is 15.3. The maximum Gasteiger partial charge on any atom is 1.00 e. The molecule has 0 aromatic carbocycles. The van der Waals surface area contributed by atoms with E-state index < -0.39 is 10.9 Å². The Morgan fingerprint density at radius 3 is 1.20 bits per heavy atom. The van der Waals surface area contributed by atoms with Crippen LogP contribution in [0, 0.1) is 0 Å². The van der Waals surface area contributed by atoms with Gasteiger partial charge in [0.25, 0.3) is 0 Å². The van der Waals surface area contributed by atoms with Gasteiger partial charge >= 0.3 is 92.8 Å². The summed E-state index contributed by atoms with van der Waals surface area (Å²) >= 11 is 0. The van der Waals surface area contributed by atoms with Crippen LogP contribution in [0.4, 0.5) is 0 Å². The van der Waals surface area contributed by atoms with Gasteiger partial charge in [0.15, 0.2) is 0 Å². The van der Waals surface area contributed by atoms with Crippen molar-refractivity contribution in [3.63, 3.8) is 0 Å². The first-order chi connectivity index (χ1) is 1.73. The van der Waals surface area contributed by atoms with Crippen LogP contribution in [-0.4, -0.2) is 0 Å². The van der Waals surface area contributed by atoms with Crippen LogP contribution in [0.15, 0.2) is 0 Å².